The van der Waals surface area contributed by atoms with Crippen LogP contribution in [0.15, 0.2) is 17.2 Å². The van der Waals surface area contributed by atoms with E-state index < -0.39 is 10.0 Å². The first-order valence-electron chi connectivity index (χ1n) is 6.64. The van der Waals surface area contributed by atoms with Gasteiger partial charge in [-0.1, -0.05) is 0 Å². The van der Waals surface area contributed by atoms with Crippen LogP contribution in [0.5, 0.6) is 5.88 Å². The number of primary sulfonamides is 1. The third-order valence-electron chi connectivity index (χ3n) is 3.36. The topological polar surface area (TPSA) is 115 Å². The minimum atomic E-state index is -3.98. The Morgan fingerprint density at radius 3 is 2.81 bits per heavy atom. The second kappa shape index (κ2) is 6.85. The van der Waals surface area contributed by atoms with Crippen LogP contribution in [0.3, 0.4) is 0 Å². The molecule has 0 amide bonds. The molecular weight excluding hydrogens is 294 g/mol. The summed E-state index contributed by atoms with van der Waals surface area (Å²) in [6.07, 6.45) is 4.02. The standard InChI is InChI=1S/C13H17N3O4S/c14-8-11-7-12(21(15,17)18)13(16-9-11)20-6-3-10-1-4-19-5-2-10/h7,9-10H,1-6H2,(H2,15,17,18). The van der Waals surface area contributed by atoms with Gasteiger partial charge >= 0.3 is 0 Å². The van der Waals surface area contributed by atoms with E-state index in [4.69, 9.17) is 19.9 Å². The van der Waals surface area contributed by atoms with Gasteiger partial charge in [0.2, 0.25) is 15.9 Å². The summed E-state index contributed by atoms with van der Waals surface area (Å²) in [5.41, 5.74) is 0.121. The summed E-state index contributed by atoms with van der Waals surface area (Å²) >= 11 is 0. The van der Waals surface area contributed by atoms with Crippen LogP contribution in [0.4, 0.5) is 0 Å². The molecule has 8 heteroatoms. The summed E-state index contributed by atoms with van der Waals surface area (Å²) in [6, 6.07) is 3.00. The number of pyridine rings is 1. The Labute approximate surface area is 123 Å². The molecule has 0 radical (unpaired) electrons. The van der Waals surface area contributed by atoms with Crippen LogP contribution in [0, 0.1) is 17.2 Å². The zero-order chi connectivity index (χ0) is 15.3. The highest BCUT2D eigenvalue weighted by Crippen LogP contribution is 2.23. The lowest BCUT2D eigenvalue weighted by atomic mass is 9.97. The number of nitriles is 1. The highest BCUT2D eigenvalue weighted by atomic mass is 32.2. The molecule has 1 fully saturated rings. The van der Waals surface area contributed by atoms with Gasteiger partial charge < -0.3 is 9.47 Å². The molecule has 0 saturated carbocycles. The van der Waals surface area contributed by atoms with Gasteiger partial charge in [-0.05, 0) is 31.2 Å². The number of aromatic nitrogens is 1. The second-order valence-electron chi connectivity index (χ2n) is 4.88. The van der Waals surface area contributed by atoms with Crippen LogP contribution in [0.1, 0.15) is 24.8 Å². The van der Waals surface area contributed by atoms with E-state index in [0.717, 1.165) is 32.5 Å². The number of rotatable bonds is 5. The lowest BCUT2D eigenvalue weighted by molar-refractivity contribution is 0.0590. The normalized spacial score (nSPS) is 16.4. The van der Waals surface area contributed by atoms with E-state index in [1.165, 1.54) is 12.3 Å². The average molecular weight is 311 g/mol. The molecule has 7 nitrogen and oxygen atoms in total. The Kier molecular flexibility index (Phi) is 5.12. The van der Waals surface area contributed by atoms with Crippen LogP contribution >= 0.6 is 0 Å². The highest BCUT2D eigenvalue weighted by molar-refractivity contribution is 7.89. The Balaban J connectivity index is 2.04. The van der Waals surface area contributed by atoms with Gasteiger partial charge in [0.05, 0.1) is 12.2 Å². The van der Waals surface area contributed by atoms with Gasteiger partial charge in [0, 0.05) is 19.4 Å². The van der Waals surface area contributed by atoms with Crippen molar-refractivity contribution in [2.24, 2.45) is 11.1 Å². The third-order valence-corrected chi connectivity index (χ3v) is 4.27. The Morgan fingerprint density at radius 1 is 1.48 bits per heavy atom. The van der Waals surface area contributed by atoms with Crippen molar-refractivity contribution in [3.05, 3.63) is 17.8 Å². The lowest BCUT2D eigenvalue weighted by Crippen LogP contribution is -2.19. The minimum absolute atomic E-state index is 0.0523. The van der Waals surface area contributed by atoms with E-state index in [-0.39, 0.29) is 16.3 Å². The largest absolute Gasteiger partial charge is 0.477 e. The summed E-state index contributed by atoms with van der Waals surface area (Å²) in [5.74, 6) is 0.457. The van der Waals surface area contributed by atoms with Crippen LogP contribution < -0.4 is 9.88 Å². The fraction of sp³-hybridized carbons (Fsp3) is 0.538. The van der Waals surface area contributed by atoms with Gasteiger partial charge in [0.15, 0.2) is 0 Å². The zero-order valence-corrected chi connectivity index (χ0v) is 12.3. The quantitative estimate of drug-likeness (QED) is 0.859. The fourth-order valence-electron chi connectivity index (χ4n) is 2.16. The van der Waals surface area contributed by atoms with Gasteiger partial charge in [0.1, 0.15) is 11.0 Å². The van der Waals surface area contributed by atoms with E-state index in [2.05, 4.69) is 4.98 Å². The molecule has 1 aromatic rings. The lowest BCUT2D eigenvalue weighted by Gasteiger charge is -2.21. The van der Waals surface area contributed by atoms with Gasteiger partial charge in [-0.3, -0.25) is 0 Å². The van der Waals surface area contributed by atoms with Crippen molar-refractivity contribution in [2.45, 2.75) is 24.2 Å². The molecule has 0 bridgehead atoms. The number of hydrogen-bond donors (Lipinski definition) is 1. The third kappa shape index (κ3) is 4.39. The maximum Gasteiger partial charge on any atom is 0.243 e. The van der Waals surface area contributed by atoms with Crippen molar-refractivity contribution in [1.82, 2.24) is 4.98 Å². The van der Waals surface area contributed by atoms with Crippen molar-refractivity contribution in [1.29, 1.82) is 5.26 Å². The van der Waals surface area contributed by atoms with E-state index >= 15 is 0 Å². The van der Waals surface area contributed by atoms with E-state index in [0.29, 0.717) is 12.5 Å². The van der Waals surface area contributed by atoms with Crippen LogP contribution in [-0.4, -0.2) is 33.2 Å². The van der Waals surface area contributed by atoms with Crippen LogP contribution in [0.25, 0.3) is 0 Å². The maximum atomic E-state index is 11.5. The van der Waals surface area contributed by atoms with E-state index in [1.807, 2.05) is 6.07 Å². The predicted molar refractivity (Wildman–Crippen MR) is 74.0 cm³/mol. The van der Waals surface area contributed by atoms with Crippen molar-refractivity contribution in [2.75, 3.05) is 19.8 Å². The summed E-state index contributed by atoms with van der Waals surface area (Å²) < 4.78 is 33.8. The smallest absolute Gasteiger partial charge is 0.243 e. The number of hydrogen-bond acceptors (Lipinski definition) is 6. The number of nitrogens with two attached hydrogens (primary N) is 1. The van der Waals surface area contributed by atoms with Gasteiger partial charge in [-0.2, -0.15) is 5.26 Å². The molecule has 114 valence electrons. The van der Waals surface area contributed by atoms with E-state index in [1.54, 1.807) is 0 Å². The molecule has 1 aromatic heterocycles. The van der Waals surface area contributed by atoms with E-state index in [9.17, 15) is 8.42 Å². The van der Waals surface area contributed by atoms with Crippen molar-refractivity contribution in [3.8, 4) is 11.9 Å². The van der Waals surface area contributed by atoms with Crippen LogP contribution in [-0.2, 0) is 14.8 Å². The molecule has 2 heterocycles. The summed E-state index contributed by atoms with van der Waals surface area (Å²) in [5, 5.41) is 13.9. The molecule has 2 N–H and O–H groups in total. The fourth-order valence-corrected chi connectivity index (χ4v) is 2.81. The molecule has 2 rings (SSSR count). The Hall–Kier alpha value is -1.69. The first-order valence-corrected chi connectivity index (χ1v) is 8.19. The first-order chi connectivity index (χ1) is 10.0. The average Bonchev–Trinajstić information content (AvgIpc) is 2.47. The molecule has 0 unspecified atom stereocenters. The van der Waals surface area contributed by atoms with Crippen molar-refractivity contribution < 1.29 is 17.9 Å². The van der Waals surface area contributed by atoms with Crippen molar-refractivity contribution >= 4 is 10.0 Å². The minimum Gasteiger partial charge on any atom is -0.477 e. The molecule has 0 atom stereocenters. The van der Waals surface area contributed by atoms with Crippen LogP contribution in [0.2, 0.25) is 0 Å². The predicted octanol–water partition coefficient (Wildman–Crippen LogP) is 0.796. The SMILES string of the molecule is N#Cc1cnc(OCCC2CCOCC2)c(S(N)(=O)=O)c1. The molecule has 1 aliphatic rings. The number of nitrogens with zero attached hydrogens (tertiary/aromatic N) is 2. The van der Waals surface area contributed by atoms with Gasteiger partial charge in [-0.25, -0.2) is 18.5 Å². The summed E-state index contributed by atoms with van der Waals surface area (Å²) in [4.78, 5) is 3.61. The van der Waals surface area contributed by atoms with Gasteiger partial charge in [0.25, 0.3) is 0 Å². The monoisotopic (exact) mass is 311 g/mol. The first kappa shape index (κ1) is 15.7. The molecule has 0 aliphatic carbocycles. The molecule has 1 aliphatic heterocycles. The molecule has 0 spiro atoms. The molecule has 1 saturated heterocycles. The zero-order valence-electron chi connectivity index (χ0n) is 11.5. The molecular formula is C13H17N3O4S. The molecule has 21 heavy (non-hydrogen) atoms. The summed E-state index contributed by atoms with van der Waals surface area (Å²) in [7, 11) is -3.98. The van der Waals surface area contributed by atoms with Gasteiger partial charge in [-0.15, -0.1) is 0 Å². The summed E-state index contributed by atoms with van der Waals surface area (Å²) in [6.45, 7) is 1.86. The second-order valence-corrected chi connectivity index (χ2v) is 6.41. The Morgan fingerprint density at radius 2 is 2.19 bits per heavy atom. The molecule has 0 aromatic carbocycles. The Bertz CT molecular complexity index is 633. The maximum absolute atomic E-state index is 11.5. The number of sulfonamides is 1. The highest BCUT2D eigenvalue weighted by Gasteiger charge is 2.19. The van der Waals surface area contributed by atoms with Crippen molar-refractivity contribution in [3.63, 3.8) is 0 Å². The number of ether oxygens (including phenoxy) is 2.